The quantitative estimate of drug-likeness (QED) is 0.469. The lowest BCUT2D eigenvalue weighted by Gasteiger charge is -2.11. The summed E-state index contributed by atoms with van der Waals surface area (Å²) in [5, 5.41) is 6.89. The Morgan fingerprint density at radius 3 is 2.67 bits per heavy atom. The molecule has 0 aliphatic carbocycles. The number of rotatable bonds is 5. The Kier molecular flexibility index (Phi) is 4.83. The molecule has 2 heterocycles. The smallest absolute Gasteiger partial charge is 0.187 e. The van der Waals surface area contributed by atoms with Crippen LogP contribution in [0, 0.1) is 6.92 Å². The van der Waals surface area contributed by atoms with Crippen molar-refractivity contribution in [2.75, 3.05) is 12.4 Å². The maximum absolute atomic E-state index is 5.95. The van der Waals surface area contributed by atoms with Crippen LogP contribution in [0.25, 0.3) is 16.9 Å². The van der Waals surface area contributed by atoms with Crippen LogP contribution in [0.15, 0.2) is 60.4 Å². The zero-order valence-corrected chi connectivity index (χ0v) is 16.4. The molecule has 4 aromatic rings. The van der Waals surface area contributed by atoms with Gasteiger partial charge < -0.3 is 14.6 Å². The molecular formula is C20H17ClN4OS. The summed E-state index contributed by atoms with van der Waals surface area (Å²) >= 11 is 7.50. The first-order chi connectivity index (χ1) is 13.1. The molecule has 136 valence electrons. The van der Waals surface area contributed by atoms with E-state index in [0.29, 0.717) is 5.02 Å². The first kappa shape index (κ1) is 17.6. The van der Waals surface area contributed by atoms with Gasteiger partial charge in [0.2, 0.25) is 0 Å². The highest BCUT2D eigenvalue weighted by molar-refractivity contribution is 7.14. The van der Waals surface area contributed by atoms with E-state index in [1.165, 1.54) is 0 Å². The fraction of sp³-hybridized carbons (Fsp3) is 0.100. The monoisotopic (exact) mass is 396 g/mol. The van der Waals surface area contributed by atoms with Crippen molar-refractivity contribution in [1.82, 2.24) is 14.5 Å². The average molecular weight is 397 g/mol. The molecule has 4 rings (SSSR count). The van der Waals surface area contributed by atoms with Crippen LogP contribution in [0.2, 0.25) is 5.02 Å². The number of aromatic nitrogens is 3. The van der Waals surface area contributed by atoms with E-state index in [1.54, 1.807) is 24.8 Å². The van der Waals surface area contributed by atoms with Gasteiger partial charge in [-0.25, -0.2) is 9.97 Å². The van der Waals surface area contributed by atoms with Crippen molar-refractivity contribution in [1.29, 1.82) is 0 Å². The molecular weight excluding hydrogens is 380 g/mol. The van der Waals surface area contributed by atoms with Gasteiger partial charge in [-0.1, -0.05) is 23.7 Å². The predicted octanol–water partition coefficient (Wildman–Crippen LogP) is 5.71. The van der Waals surface area contributed by atoms with Gasteiger partial charge in [0, 0.05) is 33.9 Å². The minimum absolute atomic E-state index is 0.715. The standard InChI is InChI=1S/C20H17ClN4OS/c1-13-10-25(12-22-13)18-8-7-16(9-19(18)26-2)23-20-24-17(11-27-20)14-3-5-15(21)6-4-14/h3-12H,1-2H3,(H,23,24). The lowest BCUT2D eigenvalue weighted by molar-refractivity contribution is 0.413. The van der Waals surface area contributed by atoms with Crippen molar-refractivity contribution < 1.29 is 4.74 Å². The molecule has 0 atom stereocenters. The Bertz CT molecular complexity index is 1070. The van der Waals surface area contributed by atoms with Crippen LogP contribution in [0.1, 0.15) is 5.69 Å². The van der Waals surface area contributed by atoms with Crippen LogP contribution in [-0.2, 0) is 0 Å². The molecule has 0 bridgehead atoms. The Labute approximate surface area is 166 Å². The van der Waals surface area contributed by atoms with Crippen LogP contribution >= 0.6 is 22.9 Å². The van der Waals surface area contributed by atoms with E-state index in [1.807, 2.05) is 65.5 Å². The third-order valence-electron chi connectivity index (χ3n) is 4.07. The second-order valence-corrected chi connectivity index (χ2v) is 7.27. The topological polar surface area (TPSA) is 52.0 Å². The summed E-state index contributed by atoms with van der Waals surface area (Å²) in [5.41, 5.74) is 4.75. The van der Waals surface area contributed by atoms with Gasteiger partial charge in [0.05, 0.1) is 30.5 Å². The number of nitrogens with zero attached hydrogens (tertiary/aromatic N) is 3. The Balaban J connectivity index is 1.57. The number of benzene rings is 2. The predicted molar refractivity (Wildman–Crippen MR) is 111 cm³/mol. The van der Waals surface area contributed by atoms with Crippen LogP contribution in [-0.4, -0.2) is 21.6 Å². The molecule has 7 heteroatoms. The summed E-state index contributed by atoms with van der Waals surface area (Å²) < 4.78 is 7.50. The van der Waals surface area contributed by atoms with Gasteiger partial charge in [-0.2, -0.15) is 0 Å². The minimum atomic E-state index is 0.715. The van der Waals surface area contributed by atoms with Crippen LogP contribution in [0.5, 0.6) is 5.75 Å². The van der Waals surface area contributed by atoms with E-state index in [4.69, 9.17) is 16.3 Å². The third kappa shape index (κ3) is 3.82. The van der Waals surface area contributed by atoms with Crippen LogP contribution < -0.4 is 10.1 Å². The number of hydrogen-bond donors (Lipinski definition) is 1. The maximum Gasteiger partial charge on any atom is 0.187 e. The fourth-order valence-corrected chi connectivity index (χ4v) is 3.60. The maximum atomic E-state index is 5.95. The summed E-state index contributed by atoms with van der Waals surface area (Å²) in [4.78, 5) is 8.92. The van der Waals surface area contributed by atoms with E-state index in [0.717, 1.165) is 39.2 Å². The summed E-state index contributed by atoms with van der Waals surface area (Å²) in [5.74, 6) is 0.756. The molecule has 0 saturated heterocycles. The highest BCUT2D eigenvalue weighted by Crippen LogP contribution is 2.31. The molecule has 5 nitrogen and oxygen atoms in total. The molecule has 1 N–H and O–H groups in total. The largest absolute Gasteiger partial charge is 0.494 e. The minimum Gasteiger partial charge on any atom is -0.494 e. The van der Waals surface area contributed by atoms with Gasteiger partial charge >= 0.3 is 0 Å². The van der Waals surface area contributed by atoms with E-state index in [2.05, 4.69) is 15.3 Å². The van der Waals surface area contributed by atoms with Crippen molar-refractivity contribution in [2.45, 2.75) is 6.92 Å². The molecule has 0 aliphatic rings. The van der Waals surface area contributed by atoms with Crippen LogP contribution in [0.3, 0.4) is 0 Å². The SMILES string of the molecule is COc1cc(Nc2nc(-c3ccc(Cl)cc3)cs2)ccc1-n1cnc(C)c1. The number of anilines is 2. The number of hydrogen-bond acceptors (Lipinski definition) is 5. The summed E-state index contributed by atoms with van der Waals surface area (Å²) in [6.07, 6.45) is 3.74. The molecule has 0 fully saturated rings. The lowest BCUT2D eigenvalue weighted by Crippen LogP contribution is -1.97. The summed E-state index contributed by atoms with van der Waals surface area (Å²) in [6, 6.07) is 13.6. The molecule has 0 saturated carbocycles. The zero-order chi connectivity index (χ0) is 18.8. The Morgan fingerprint density at radius 1 is 1.15 bits per heavy atom. The van der Waals surface area contributed by atoms with Crippen molar-refractivity contribution in [3.8, 4) is 22.7 Å². The van der Waals surface area contributed by atoms with Gasteiger partial charge in [0.1, 0.15) is 5.75 Å². The molecule has 0 aliphatic heterocycles. The van der Waals surface area contributed by atoms with Gasteiger partial charge in [0.15, 0.2) is 5.13 Å². The lowest BCUT2D eigenvalue weighted by atomic mass is 10.2. The Hall–Kier alpha value is -2.83. The Morgan fingerprint density at radius 2 is 1.96 bits per heavy atom. The van der Waals surface area contributed by atoms with Gasteiger partial charge in [-0.3, -0.25) is 0 Å². The number of methoxy groups -OCH3 is 1. The van der Waals surface area contributed by atoms with E-state index < -0.39 is 0 Å². The number of thiazole rings is 1. The summed E-state index contributed by atoms with van der Waals surface area (Å²) in [7, 11) is 1.66. The first-order valence-corrected chi connectivity index (χ1v) is 9.55. The van der Waals surface area contributed by atoms with Crippen molar-refractivity contribution in [2.24, 2.45) is 0 Å². The third-order valence-corrected chi connectivity index (χ3v) is 5.07. The average Bonchev–Trinajstić information content (AvgIpc) is 3.31. The van der Waals surface area contributed by atoms with E-state index in [9.17, 15) is 0 Å². The molecule has 0 spiro atoms. The molecule has 0 unspecified atom stereocenters. The normalized spacial score (nSPS) is 10.8. The second kappa shape index (κ2) is 7.42. The molecule has 0 radical (unpaired) electrons. The second-order valence-electron chi connectivity index (χ2n) is 5.98. The summed E-state index contributed by atoms with van der Waals surface area (Å²) in [6.45, 7) is 1.96. The number of halogens is 1. The van der Waals surface area contributed by atoms with Gasteiger partial charge in [0.25, 0.3) is 0 Å². The number of ether oxygens (including phenoxy) is 1. The number of aryl methyl sites for hydroxylation is 1. The van der Waals surface area contributed by atoms with Gasteiger partial charge in [-0.15, -0.1) is 11.3 Å². The van der Waals surface area contributed by atoms with Crippen LogP contribution in [0.4, 0.5) is 10.8 Å². The first-order valence-electron chi connectivity index (χ1n) is 8.30. The fourth-order valence-electron chi connectivity index (χ4n) is 2.73. The van der Waals surface area contributed by atoms with Crippen molar-refractivity contribution in [3.63, 3.8) is 0 Å². The molecule has 2 aromatic carbocycles. The van der Waals surface area contributed by atoms with Crippen molar-refractivity contribution in [3.05, 3.63) is 71.1 Å². The number of nitrogens with one attached hydrogen (secondary N) is 1. The zero-order valence-electron chi connectivity index (χ0n) is 14.8. The molecule has 27 heavy (non-hydrogen) atoms. The van der Waals surface area contributed by atoms with Crippen molar-refractivity contribution >= 4 is 33.8 Å². The molecule has 0 amide bonds. The number of imidazole rings is 1. The van der Waals surface area contributed by atoms with E-state index in [-0.39, 0.29) is 0 Å². The highest BCUT2D eigenvalue weighted by atomic mass is 35.5. The molecule has 2 aromatic heterocycles. The highest BCUT2D eigenvalue weighted by Gasteiger charge is 2.09. The van der Waals surface area contributed by atoms with Gasteiger partial charge in [-0.05, 0) is 31.2 Å². The van der Waals surface area contributed by atoms with E-state index >= 15 is 0 Å².